The number of carbonyl (C=O) groups excluding carboxylic acids is 2. The molecule has 0 unspecified atom stereocenters. The number of ether oxygens (including phenoxy) is 2. The molecule has 0 aromatic carbocycles. The van der Waals surface area contributed by atoms with Crippen LogP contribution < -0.4 is 0 Å². The zero-order chi connectivity index (χ0) is 11.4. The second-order valence-corrected chi connectivity index (χ2v) is 3.92. The lowest BCUT2D eigenvalue weighted by Gasteiger charge is -2.31. The first-order valence-corrected chi connectivity index (χ1v) is 5.36. The number of Topliss-reactive ketones (excluding diaryl/α,β-unsaturated/α-hetero) is 1. The summed E-state index contributed by atoms with van der Waals surface area (Å²) < 4.78 is 10.2. The molecule has 0 radical (unpaired) electrons. The van der Waals surface area contributed by atoms with E-state index in [1.54, 1.807) is 6.92 Å². The first-order valence-electron chi connectivity index (χ1n) is 5.36. The summed E-state index contributed by atoms with van der Waals surface area (Å²) in [5.74, 6) is -1.27. The molecule has 0 aliphatic carbocycles. The van der Waals surface area contributed by atoms with E-state index in [1.807, 2.05) is 6.92 Å². The molecule has 0 aromatic heterocycles. The summed E-state index contributed by atoms with van der Waals surface area (Å²) in [7, 11) is 1.29. The summed E-state index contributed by atoms with van der Waals surface area (Å²) in [5.41, 5.74) is 0. The fourth-order valence-electron chi connectivity index (χ4n) is 1.99. The van der Waals surface area contributed by atoms with Crippen molar-refractivity contribution in [3.05, 3.63) is 0 Å². The van der Waals surface area contributed by atoms with Crippen molar-refractivity contribution < 1.29 is 19.1 Å². The van der Waals surface area contributed by atoms with Crippen molar-refractivity contribution in [2.75, 3.05) is 7.11 Å². The third-order valence-corrected chi connectivity index (χ3v) is 2.72. The molecule has 1 heterocycles. The van der Waals surface area contributed by atoms with Crippen LogP contribution in [-0.4, -0.2) is 31.1 Å². The number of ketones is 1. The topological polar surface area (TPSA) is 52.6 Å². The molecule has 0 bridgehead atoms. The summed E-state index contributed by atoms with van der Waals surface area (Å²) in [6.07, 6.45) is 1.78. The van der Waals surface area contributed by atoms with Crippen molar-refractivity contribution in [2.24, 2.45) is 5.92 Å². The van der Waals surface area contributed by atoms with E-state index in [0.717, 1.165) is 12.8 Å². The maximum Gasteiger partial charge on any atom is 0.318 e. The van der Waals surface area contributed by atoms with Crippen LogP contribution in [0, 0.1) is 5.92 Å². The standard InChI is InChI=1S/C11H18O4/c1-4-5-8-6-9(12)10(7(2)15-8)11(13)14-3/h7-8,10H,4-6H2,1-3H3/t7-,8+,10-/m0/s1. The van der Waals surface area contributed by atoms with Gasteiger partial charge in [-0.25, -0.2) is 0 Å². The van der Waals surface area contributed by atoms with Crippen molar-refractivity contribution in [1.82, 2.24) is 0 Å². The van der Waals surface area contributed by atoms with Gasteiger partial charge in [-0.2, -0.15) is 0 Å². The van der Waals surface area contributed by atoms with Gasteiger partial charge in [0.1, 0.15) is 5.92 Å². The van der Waals surface area contributed by atoms with Crippen LogP contribution >= 0.6 is 0 Å². The van der Waals surface area contributed by atoms with Gasteiger partial charge in [0.25, 0.3) is 0 Å². The van der Waals surface area contributed by atoms with E-state index in [1.165, 1.54) is 7.11 Å². The van der Waals surface area contributed by atoms with Gasteiger partial charge < -0.3 is 9.47 Å². The Balaban J connectivity index is 2.64. The zero-order valence-electron chi connectivity index (χ0n) is 9.49. The second-order valence-electron chi connectivity index (χ2n) is 3.92. The Bertz CT molecular complexity index is 249. The van der Waals surface area contributed by atoms with Crippen LogP contribution in [-0.2, 0) is 19.1 Å². The van der Waals surface area contributed by atoms with Gasteiger partial charge in [0, 0.05) is 6.42 Å². The van der Waals surface area contributed by atoms with Gasteiger partial charge in [-0.1, -0.05) is 13.3 Å². The minimum atomic E-state index is -0.733. The van der Waals surface area contributed by atoms with Gasteiger partial charge in [-0.3, -0.25) is 9.59 Å². The molecule has 4 heteroatoms. The highest BCUT2D eigenvalue weighted by atomic mass is 16.5. The maximum absolute atomic E-state index is 11.7. The predicted octanol–water partition coefficient (Wildman–Crippen LogP) is 1.32. The molecule has 0 N–H and O–H groups in total. The molecule has 0 amide bonds. The third-order valence-electron chi connectivity index (χ3n) is 2.72. The molecule has 1 fully saturated rings. The van der Waals surface area contributed by atoms with Gasteiger partial charge in [-0.05, 0) is 13.3 Å². The molecule has 0 saturated carbocycles. The Morgan fingerprint density at radius 3 is 2.73 bits per heavy atom. The molecule has 0 aromatic rings. The summed E-state index contributed by atoms with van der Waals surface area (Å²) in [6.45, 7) is 3.80. The Morgan fingerprint density at radius 1 is 1.60 bits per heavy atom. The largest absolute Gasteiger partial charge is 0.468 e. The Kier molecular flexibility index (Phi) is 4.27. The molecule has 1 aliphatic rings. The first-order chi connectivity index (χ1) is 7.10. The number of esters is 1. The predicted molar refractivity (Wildman–Crippen MR) is 54.4 cm³/mol. The van der Waals surface area contributed by atoms with E-state index in [2.05, 4.69) is 4.74 Å². The quantitative estimate of drug-likeness (QED) is 0.525. The van der Waals surface area contributed by atoms with Crippen molar-refractivity contribution in [3.8, 4) is 0 Å². The lowest BCUT2D eigenvalue weighted by Crippen LogP contribution is -2.44. The monoisotopic (exact) mass is 214 g/mol. The number of rotatable bonds is 3. The van der Waals surface area contributed by atoms with E-state index in [0.29, 0.717) is 6.42 Å². The average Bonchev–Trinajstić information content (AvgIpc) is 2.16. The molecule has 0 spiro atoms. The number of hydrogen-bond acceptors (Lipinski definition) is 4. The number of methoxy groups -OCH3 is 1. The summed E-state index contributed by atoms with van der Waals surface area (Å²) in [5, 5.41) is 0. The molecule has 4 nitrogen and oxygen atoms in total. The SMILES string of the molecule is CCC[C@@H]1CC(=O)[C@@H](C(=O)OC)[C@H](C)O1. The van der Waals surface area contributed by atoms with Gasteiger partial charge >= 0.3 is 5.97 Å². The summed E-state index contributed by atoms with van der Waals surface area (Å²) in [6, 6.07) is 0. The Morgan fingerprint density at radius 2 is 2.27 bits per heavy atom. The zero-order valence-corrected chi connectivity index (χ0v) is 9.49. The van der Waals surface area contributed by atoms with Gasteiger partial charge in [-0.15, -0.1) is 0 Å². The highest BCUT2D eigenvalue weighted by Crippen LogP contribution is 2.25. The molecule has 15 heavy (non-hydrogen) atoms. The molecule has 1 rings (SSSR count). The third kappa shape index (κ3) is 2.78. The van der Waals surface area contributed by atoms with E-state index in [4.69, 9.17) is 4.74 Å². The van der Waals surface area contributed by atoms with Crippen LogP contribution in [0.25, 0.3) is 0 Å². The molecule has 86 valence electrons. The van der Waals surface area contributed by atoms with Crippen LogP contribution in [0.2, 0.25) is 0 Å². The van der Waals surface area contributed by atoms with Crippen molar-refractivity contribution in [2.45, 2.75) is 45.3 Å². The number of hydrogen-bond donors (Lipinski definition) is 0. The fourth-order valence-corrected chi connectivity index (χ4v) is 1.99. The lowest BCUT2D eigenvalue weighted by molar-refractivity contribution is -0.165. The fraction of sp³-hybridized carbons (Fsp3) is 0.818. The van der Waals surface area contributed by atoms with Gasteiger partial charge in [0.15, 0.2) is 5.78 Å². The highest BCUT2D eigenvalue weighted by Gasteiger charge is 2.40. The van der Waals surface area contributed by atoms with Crippen LogP contribution in [0.1, 0.15) is 33.1 Å². The smallest absolute Gasteiger partial charge is 0.318 e. The minimum Gasteiger partial charge on any atom is -0.468 e. The van der Waals surface area contributed by atoms with Crippen LogP contribution in [0.3, 0.4) is 0 Å². The van der Waals surface area contributed by atoms with Crippen LogP contribution in [0.4, 0.5) is 0 Å². The van der Waals surface area contributed by atoms with Crippen LogP contribution in [0.15, 0.2) is 0 Å². The Hall–Kier alpha value is -0.900. The van der Waals surface area contributed by atoms with E-state index >= 15 is 0 Å². The van der Waals surface area contributed by atoms with Gasteiger partial charge in [0.05, 0.1) is 19.3 Å². The maximum atomic E-state index is 11.7. The number of carbonyl (C=O) groups is 2. The first kappa shape index (κ1) is 12.2. The van der Waals surface area contributed by atoms with Crippen molar-refractivity contribution in [3.63, 3.8) is 0 Å². The lowest BCUT2D eigenvalue weighted by atomic mass is 9.90. The second kappa shape index (κ2) is 5.26. The Labute approximate surface area is 89.9 Å². The van der Waals surface area contributed by atoms with Crippen molar-refractivity contribution >= 4 is 11.8 Å². The highest BCUT2D eigenvalue weighted by molar-refractivity contribution is 6.00. The van der Waals surface area contributed by atoms with Crippen molar-refractivity contribution in [1.29, 1.82) is 0 Å². The van der Waals surface area contributed by atoms with E-state index < -0.39 is 11.9 Å². The molecule has 1 saturated heterocycles. The average molecular weight is 214 g/mol. The minimum absolute atomic E-state index is 0.0293. The molecular formula is C11H18O4. The van der Waals surface area contributed by atoms with E-state index in [9.17, 15) is 9.59 Å². The van der Waals surface area contributed by atoms with E-state index in [-0.39, 0.29) is 18.0 Å². The van der Waals surface area contributed by atoms with Gasteiger partial charge in [0.2, 0.25) is 0 Å². The molecule has 3 atom stereocenters. The molecule has 1 aliphatic heterocycles. The summed E-state index contributed by atoms with van der Waals surface area (Å²) >= 11 is 0. The normalized spacial score (nSPS) is 31.4. The summed E-state index contributed by atoms with van der Waals surface area (Å²) in [4.78, 5) is 23.0. The van der Waals surface area contributed by atoms with Crippen LogP contribution in [0.5, 0.6) is 0 Å². The molecular weight excluding hydrogens is 196 g/mol.